The third-order valence-electron chi connectivity index (χ3n) is 12.6. The Hall–Kier alpha value is -6.46. The number of thiazole rings is 2. The van der Waals surface area contributed by atoms with Gasteiger partial charge in [0.25, 0.3) is 0 Å². The Labute approximate surface area is 332 Å². The van der Waals surface area contributed by atoms with E-state index >= 15 is 0 Å². The SMILES string of the molecule is c1ccc2c(c1)-c1ccc(-c3nc4ccccc4s3)cc1C21c2ccccc2C2(c3ccccc3-c3ccc(-c4nc5ccccc5s4)cc32)c2ccccc21. The standard InChI is InChI=1S/C52H30N2S2/c1-3-15-37-33(13-1)35-27-25-31(49-53-45-21-9-11-23-47(45)55-49)29-43(35)51(37)39-17-5-7-19-41(39)52(42-20-8-6-18-40(42)51)38-16-4-2-14-34(38)36-28-26-32(30-44(36)52)50-54-46-22-10-12-24-48(46)56-50/h1-30H. The van der Waals surface area contributed by atoms with E-state index in [1.807, 2.05) is 0 Å². The van der Waals surface area contributed by atoms with Gasteiger partial charge in [0.05, 0.1) is 31.3 Å². The number of hydrogen-bond acceptors (Lipinski definition) is 4. The molecular formula is C52H30N2S2. The van der Waals surface area contributed by atoms with Gasteiger partial charge in [-0.05, 0) is 103 Å². The molecule has 8 aromatic carbocycles. The average molecular weight is 747 g/mol. The zero-order chi connectivity index (χ0) is 36.6. The van der Waals surface area contributed by atoms with Gasteiger partial charge in [0.2, 0.25) is 0 Å². The molecule has 2 aromatic heterocycles. The second kappa shape index (κ2) is 11.1. The van der Waals surface area contributed by atoms with Gasteiger partial charge in [0, 0.05) is 11.1 Å². The van der Waals surface area contributed by atoms with Gasteiger partial charge in [-0.25, -0.2) is 9.97 Å². The summed E-state index contributed by atoms with van der Waals surface area (Å²) in [6.07, 6.45) is 0. The van der Waals surface area contributed by atoms with Gasteiger partial charge in [0.1, 0.15) is 10.0 Å². The number of rotatable bonds is 2. The summed E-state index contributed by atoms with van der Waals surface area (Å²) in [6, 6.07) is 68.0. The first-order valence-corrected chi connectivity index (χ1v) is 20.8. The second-order valence-electron chi connectivity index (χ2n) is 15.2. The second-order valence-corrected chi connectivity index (χ2v) is 17.2. The van der Waals surface area contributed by atoms with Crippen molar-refractivity contribution in [2.45, 2.75) is 10.8 Å². The van der Waals surface area contributed by atoms with Crippen molar-refractivity contribution in [2.24, 2.45) is 0 Å². The molecule has 2 heterocycles. The van der Waals surface area contributed by atoms with Gasteiger partial charge in [-0.3, -0.25) is 0 Å². The Balaban J connectivity index is 1.14. The van der Waals surface area contributed by atoms with Crippen LogP contribution >= 0.6 is 22.7 Å². The maximum absolute atomic E-state index is 5.15. The van der Waals surface area contributed by atoms with E-state index in [0.717, 1.165) is 32.2 Å². The van der Waals surface area contributed by atoms with E-state index in [1.165, 1.54) is 76.2 Å². The van der Waals surface area contributed by atoms with Crippen LogP contribution in [0.3, 0.4) is 0 Å². The largest absolute Gasteiger partial charge is 0.236 e. The fraction of sp³-hybridized carbons (Fsp3) is 0.0385. The number of para-hydroxylation sites is 2. The molecule has 3 aliphatic carbocycles. The van der Waals surface area contributed by atoms with Crippen molar-refractivity contribution in [1.82, 2.24) is 9.97 Å². The lowest BCUT2D eigenvalue weighted by molar-refractivity contribution is 0.633. The summed E-state index contributed by atoms with van der Waals surface area (Å²) in [7, 11) is 0. The first-order chi connectivity index (χ1) is 27.7. The van der Waals surface area contributed by atoms with Crippen LogP contribution in [-0.2, 0) is 10.8 Å². The van der Waals surface area contributed by atoms with Crippen LogP contribution in [-0.4, -0.2) is 9.97 Å². The minimum atomic E-state index is -0.542. The minimum Gasteiger partial charge on any atom is -0.236 e. The number of fused-ring (bicyclic) bond motifs is 18. The molecule has 56 heavy (non-hydrogen) atoms. The van der Waals surface area contributed by atoms with Crippen molar-refractivity contribution >= 4 is 43.1 Å². The van der Waals surface area contributed by atoms with Gasteiger partial charge < -0.3 is 0 Å². The summed E-state index contributed by atoms with van der Waals surface area (Å²) in [4.78, 5) is 10.3. The van der Waals surface area contributed by atoms with Gasteiger partial charge in [-0.15, -0.1) is 22.7 Å². The molecule has 0 atom stereocenters. The summed E-state index contributed by atoms with van der Waals surface area (Å²) in [5.41, 5.74) is 19.1. The summed E-state index contributed by atoms with van der Waals surface area (Å²) >= 11 is 3.54. The van der Waals surface area contributed by atoms with Crippen LogP contribution in [0.25, 0.3) is 63.8 Å². The molecule has 0 aliphatic heterocycles. The van der Waals surface area contributed by atoms with E-state index in [2.05, 4.69) is 182 Å². The lowest BCUT2D eigenvalue weighted by Crippen LogP contribution is -2.43. The van der Waals surface area contributed by atoms with Gasteiger partial charge in [0.15, 0.2) is 0 Å². The highest BCUT2D eigenvalue weighted by molar-refractivity contribution is 7.22. The predicted octanol–water partition coefficient (Wildman–Crippen LogP) is 13.3. The normalized spacial score (nSPS) is 18.1. The molecule has 10 aromatic rings. The number of benzene rings is 8. The first-order valence-electron chi connectivity index (χ1n) is 19.2. The molecule has 260 valence electrons. The molecule has 0 saturated heterocycles. The van der Waals surface area contributed by atoms with E-state index in [9.17, 15) is 0 Å². The van der Waals surface area contributed by atoms with Gasteiger partial charge >= 0.3 is 0 Å². The zero-order valence-corrected chi connectivity index (χ0v) is 31.7. The third-order valence-corrected chi connectivity index (χ3v) is 14.8. The molecule has 0 bridgehead atoms. The Morgan fingerprint density at radius 2 is 0.643 bits per heavy atom. The van der Waals surface area contributed by atoms with Crippen molar-refractivity contribution in [3.05, 3.63) is 226 Å². The Morgan fingerprint density at radius 3 is 1.05 bits per heavy atom. The van der Waals surface area contributed by atoms with Crippen LogP contribution in [0.15, 0.2) is 182 Å². The van der Waals surface area contributed by atoms with Crippen molar-refractivity contribution in [2.75, 3.05) is 0 Å². The van der Waals surface area contributed by atoms with E-state index in [4.69, 9.17) is 9.97 Å². The average Bonchev–Trinajstić information content (AvgIpc) is 4.03. The van der Waals surface area contributed by atoms with Crippen molar-refractivity contribution < 1.29 is 0 Å². The van der Waals surface area contributed by atoms with E-state index < -0.39 is 10.8 Å². The molecule has 13 rings (SSSR count). The van der Waals surface area contributed by atoms with Crippen LogP contribution in [0.1, 0.15) is 44.5 Å². The van der Waals surface area contributed by atoms with E-state index in [0.29, 0.717) is 0 Å². The topological polar surface area (TPSA) is 25.8 Å². The fourth-order valence-electron chi connectivity index (χ4n) is 10.5. The Bertz CT molecular complexity index is 2960. The molecular weight excluding hydrogens is 717 g/mol. The summed E-state index contributed by atoms with van der Waals surface area (Å²) in [5, 5.41) is 2.10. The van der Waals surface area contributed by atoms with E-state index in [-0.39, 0.29) is 0 Å². The quantitative estimate of drug-likeness (QED) is 0.176. The monoisotopic (exact) mass is 746 g/mol. The van der Waals surface area contributed by atoms with Crippen LogP contribution in [0.4, 0.5) is 0 Å². The molecule has 0 unspecified atom stereocenters. The third kappa shape index (κ3) is 3.76. The molecule has 0 N–H and O–H groups in total. The maximum atomic E-state index is 5.15. The summed E-state index contributed by atoms with van der Waals surface area (Å²) in [6.45, 7) is 0. The van der Waals surface area contributed by atoms with Gasteiger partial charge in [-0.1, -0.05) is 146 Å². The number of hydrogen-bond donors (Lipinski definition) is 0. The Morgan fingerprint density at radius 1 is 0.304 bits per heavy atom. The predicted molar refractivity (Wildman–Crippen MR) is 232 cm³/mol. The molecule has 0 saturated carbocycles. The lowest BCUT2D eigenvalue weighted by atomic mass is 9.52. The van der Waals surface area contributed by atoms with Crippen LogP contribution in [0.5, 0.6) is 0 Å². The zero-order valence-electron chi connectivity index (χ0n) is 30.0. The van der Waals surface area contributed by atoms with Gasteiger partial charge in [-0.2, -0.15) is 0 Å². The van der Waals surface area contributed by atoms with Crippen LogP contribution in [0, 0.1) is 0 Å². The summed E-state index contributed by atoms with van der Waals surface area (Å²) in [5.74, 6) is 0. The molecule has 3 aliphatic rings. The lowest BCUT2D eigenvalue weighted by Gasteiger charge is -2.49. The van der Waals surface area contributed by atoms with E-state index in [1.54, 1.807) is 22.7 Å². The molecule has 2 nitrogen and oxygen atoms in total. The van der Waals surface area contributed by atoms with Crippen molar-refractivity contribution in [3.63, 3.8) is 0 Å². The fourth-order valence-corrected chi connectivity index (χ4v) is 12.5. The van der Waals surface area contributed by atoms with Crippen molar-refractivity contribution in [3.8, 4) is 43.4 Å². The highest BCUT2D eigenvalue weighted by atomic mass is 32.1. The first kappa shape index (κ1) is 30.8. The molecule has 0 fully saturated rings. The van der Waals surface area contributed by atoms with Crippen LogP contribution < -0.4 is 0 Å². The minimum absolute atomic E-state index is 0.542. The summed E-state index contributed by atoms with van der Waals surface area (Å²) < 4.78 is 2.42. The molecule has 4 heteroatoms. The Kier molecular flexibility index (Phi) is 6.09. The number of nitrogens with zero attached hydrogens (tertiary/aromatic N) is 2. The van der Waals surface area contributed by atoms with Crippen molar-refractivity contribution in [1.29, 1.82) is 0 Å². The smallest absolute Gasteiger partial charge is 0.124 e. The van der Waals surface area contributed by atoms with Crippen LogP contribution in [0.2, 0.25) is 0 Å². The molecule has 0 amide bonds. The highest BCUT2D eigenvalue weighted by Crippen LogP contribution is 2.67. The molecule has 2 spiro atoms. The number of aromatic nitrogens is 2. The highest BCUT2D eigenvalue weighted by Gasteiger charge is 2.59. The maximum Gasteiger partial charge on any atom is 0.124 e. The molecule has 0 radical (unpaired) electrons.